The highest BCUT2D eigenvalue weighted by Crippen LogP contribution is 2.33. The molecule has 20 heavy (non-hydrogen) atoms. The van der Waals surface area contributed by atoms with E-state index in [0.29, 0.717) is 15.7 Å². The number of nitrogens with two attached hydrogens (primary N) is 1. The van der Waals surface area contributed by atoms with E-state index < -0.39 is 5.82 Å². The van der Waals surface area contributed by atoms with E-state index in [2.05, 4.69) is 25.9 Å². The molecule has 0 aliphatic rings. The van der Waals surface area contributed by atoms with Gasteiger partial charge in [-0.3, -0.25) is 0 Å². The monoisotopic (exact) mass is 355 g/mol. The van der Waals surface area contributed by atoms with E-state index in [1.807, 2.05) is 0 Å². The molecule has 7 heteroatoms. The Morgan fingerprint density at radius 3 is 2.90 bits per heavy atom. The van der Waals surface area contributed by atoms with Gasteiger partial charge < -0.3 is 15.5 Å². The normalized spacial score (nSPS) is 10.9. The van der Waals surface area contributed by atoms with Crippen molar-refractivity contribution in [3.8, 4) is 11.8 Å². The van der Waals surface area contributed by atoms with Crippen molar-refractivity contribution in [3.05, 3.63) is 45.6 Å². The molecule has 2 aromatic carbocycles. The first-order valence-electron chi connectivity index (χ1n) is 5.60. The van der Waals surface area contributed by atoms with E-state index in [1.54, 1.807) is 18.2 Å². The number of nitrogens with zero attached hydrogens (tertiary/aromatic N) is 1. The van der Waals surface area contributed by atoms with E-state index in [-0.39, 0.29) is 16.8 Å². The molecule has 0 bridgehead atoms. The molecule has 1 aromatic heterocycles. The molecular formula is C13H8BrClFN3O. The topological polar surface area (TPSA) is 63.9 Å². The van der Waals surface area contributed by atoms with Crippen LogP contribution < -0.4 is 10.5 Å². The van der Waals surface area contributed by atoms with Crippen LogP contribution in [0.25, 0.3) is 11.0 Å². The van der Waals surface area contributed by atoms with Crippen molar-refractivity contribution < 1.29 is 9.13 Å². The van der Waals surface area contributed by atoms with Crippen molar-refractivity contribution in [2.75, 3.05) is 5.73 Å². The van der Waals surface area contributed by atoms with Crippen LogP contribution in [0.2, 0.25) is 5.02 Å². The molecule has 0 unspecified atom stereocenters. The van der Waals surface area contributed by atoms with Crippen molar-refractivity contribution in [2.45, 2.75) is 0 Å². The number of fused-ring (bicyclic) bond motifs is 1. The molecule has 1 heterocycles. The second kappa shape index (κ2) is 4.96. The van der Waals surface area contributed by atoms with Gasteiger partial charge >= 0.3 is 0 Å². The zero-order valence-electron chi connectivity index (χ0n) is 9.95. The Bertz CT molecular complexity index is 806. The summed E-state index contributed by atoms with van der Waals surface area (Å²) in [4.78, 5) is 7.19. The lowest BCUT2D eigenvalue weighted by Crippen LogP contribution is -1.89. The number of imidazole rings is 1. The maximum absolute atomic E-state index is 13.4. The minimum atomic E-state index is -0.565. The molecule has 0 aliphatic carbocycles. The van der Waals surface area contributed by atoms with Gasteiger partial charge in [0.1, 0.15) is 11.6 Å². The Morgan fingerprint density at radius 2 is 2.10 bits per heavy atom. The molecule has 4 nitrogen and oxygen atoms in total. The van der Waals surface area contributed by atoms with Gasteiger partial charge in [-0.25, -0.2) is 4.39 Å². The molecule has 0 fully saturated rings. The number of nitrogen functional groups attached to an aromatic ring is 1. The number of ether oxygens (including phenoxy) is 1. The van der Waals surface area contributed by atoms with E-state index in [4.69, 9.17) is 22.1 Å². The average molecular weight is 357 g/mol. The molecule has 3 rings (SSSR count). The maximum Gasteiger partial charge on any atom is 0.300 e. The predicted molar refractivity (Wildman–Crippen MR) is 79.7 cm³/mol. The molecule has 0 aliphatic heterocycles. The smallest absolute Gasteiger partial charge is 0.300 e. The van der Waals surface area contributed by atoms with Gasteiger partial charge in [0.05, 0.1) is 20.5 Å². The van der Waals surface area contributed by atoms with Crippen molar-refractivity contribution >= 4 is 44.3 Å². The van der Waals surface area contributed by atoms with Gasteiger partial charge in [-0.05, 0) is 40.2 Å². The van der Waals surface area contributed by atoms with Gasteiger partial charge in [-0.2, -0.15) is 4.98 Å². The standard InChI is InChI=1S/C13H8BrClFN3O/c14-7-4-8(15)9(16)5-12(7)20-13-18-10-2-1-6(17)3-11(10)19-13/h1-5H,17H2,(H,18,19). The summed E-state index contributed by atoms with van der Waals surface area (Å²) in [6, 6.07) is 8.11. The molecule has 0 radical (unpaired) electrons. The Balaban J connectivity index is 1.99. The first-order chi connectivity index (χ1) is 9.52. The van der Waals surface area contributed by atoms with Crippen LogP contribution in [0, 0.1) is 5.82 Å². The van der Waals surface area contributed by atoms with Crippen molar-refractivity contribution in [1.29, 1.82) is 0 Å². The summed E-state index contributed by atoms with van der Waals surface area (Å²) in [6.07, 6.45) is 0. The molecule has 0 amide bonds. The van der Waals surface area contributed by atoms with Gasteiger partial charge in [0, 0.05) is 11.8 Å². The molecule has 3 N–H and O–H groups in total. The van der Waals surface area contributed by atoms with Crippen LogP contribution in [0.3, 0.4) is 0 Å². The predicted octanol–water partition coefficient (Wildman–Crippen LogP) is 4.49. The number of aromatic amines is 1. The summed E-state index contributed by atoms with van der Waals surface area (Å²) >= 11 is 8.93. The fraction of sp³-hybridized carbons (Fsp3) is 0. The number of anilines is 1. The second-order valence-electron chi connectivity index (χ2n) is 4.12. The van der Waals surface area contributed by atoms with Crippen molar-refractivity contribution in [2.24, 2.45) is 0 Å². The summed E-state index contributed by atoms with van der Waals surface area (Å²) in [5.74, 6) is -0.288. The summed E-state index contributed by atoms with van der Waals surface area (Å²) < 4.78 is 19.5. The fourth-order valence-electron chi connectivity index (χ4n) is 1.74. The molecule has 3 aromatic rings. The third-order valence-corrected chi connectivity index (χ3v) is 3.58. The summed E-state index contributed by atoms with van der Waals surface area (Å²) in [5, 5.41) is 0.0154. The minimum Gasteiger partial charge on any atom is -0.424 e. The third kappa shape index (κ3) is 2.44. The fourth-order valence-corrected chi connectivity index (χ4v) is 2.46. The Morgan fingerprint density at radius 1 is 1.30 bits per heavy atom. The number of hydrogen-bond donors (Lipinski definition) is 2. The Kier molecular flexibility index (Phi) is 3.27. The van der Waals surface area contributed by atoms with Gasteiger partial charge in [0.25, 0.3) is 6.01 Å². The number of benzene rings is 2. The zero-order chi connectivity index (χ0) is 14.3. The molecule has 0 saturated heterocycles. The number of aromatic nitrogens is 2. The lowest BCUT2D eigenvalue weighted by molar-refractivity contribution is 0.442. The number of hydrogen-bond acceptors (Lipinski definition) is 3. The summed E-state index contributed by atoms with van der Waals surface area (Å²) in [7, 11) is 0. The highest BCUT2D eigenvalue weighted by Gasteiger charge is 2.11. The molecule has 102 valence electrons. The van der Waals surface area contributed by atoms with Crippen LogP contribution in [-0.2, 0) is 0 Å². The minimum absolute atomic E-state index is 0.0154. The highest BCUT2D eigenvalue weighted by atomic mass is 79.9. The van der Waals surface area contributed by atoms with E-state index in [1.165, 1.54) is 12.1 Å². The van der Waals surface area contributed by atoms with Crippen LogP contribution in [0.1, 0.15) is 0 Å². The summed E-state index contributed by atoms with van der Waals surface area (Å²) in [6.45, 7) is 0. The number of nitrogens with one attached hydrogen (secondary N) is 1. The average Bonchev–Trinajstić information content (AvgIpc) is 2.77. The summed E-state index contributed by atoms with van der Waals surface area (Å²) in [5.41, 5.74) is 7.75. The van der Waals surface area contributed by atoms with Crippen LogP contribution in [0.15, 0.2) is 34.8 Å². The lowest BCUT2D eigenvalue weighted by Gasteiger charge is -2.05. The number of rotatable bonds is 2. The lowest BCUT2D eigenvalue weighted by atomic mass is 10.3. The van der Waals surface area contributed by atoms with Crippen molar-refractivity contribution in [3.63, 3.8) is 0 Å². The van der Waals surface area contributed by atoms with Gasteiger partial charge in [-0.15, -0.1) is 0 Å². The maximum atomic E-state index is 13.4. The zero-order valence-corrected chi connectivity index (χ0v) is 12.3. The van der Waals surface area contributed by atoms with Gasteiger partial charge in [0.15, 0.2) is 0 Å². The van der Waals surface area contributed by atoms with Gasteiger partial charge in [0.2, 0.25) is 0 Å². The molecular weight excluding hydrogens is 349 g/mol. The first kappa shape index (κ1) is 13.2. The van der Waals surface area contributed by atoms with Crippen LogP contribution in [-0.4, -0.2) is 9.97 Å². The van der Waals surface area contributed by atoms with Crippen LogP contribution in [0.5, 0.6) is 11.8 Å². The Labute approximate surface area is 126 Å². The highest BCUT2D eigenvalue weighted by molar-refractivity contribution is 9.10. The van der Waals surface area contributed by atoms with Crippen LogP contribution >= 0.6 is 27.5 Å². The Hall–Kier alpha value is -1.79. The second-order valence-corrected chi connectivity index (χ2v) is 5.38. The number of H-pyrrole nitrogens is 1. The number of halogens is 3. The quantitative estimate of drug-likeness (QED) is 0.525. The van der Waals surface area contributed by atoms with E-state index in [9.17, 15) is 4.39 Å². The first-order valence-corrected chi connectivity index (χ1v) is 6.77. The van der Waals surface area contributed by atoms with E-state index >= 15 is 0 Å². The molecule has 0 atom stereocenters. The SMILES string of the molecule is Nc1ccc2nc(Oc3cc(F)c(Cl)cc3Br)[nH]c2c1. The van der Waals surface area contributed by atoms with Gasteiger partial charge in [-0.1, -0.05) is 11.6 Å². The third-order valence-electron chi connectivity index (χ3n) is 2.67. The largest absolute Gasteiger partial charge is 0.424 e. The van der Waals surface area contributed by atoms with E-state index in [0.717, 1.165) is 5.52 Å². The molecule has 0 spiro atoms. The molecule has 0 saturated carbocycles. The van der Waals surface area contributed by atoms with Crippen LogP contribution in [0.4, 0.5) is 10.1 Å². The van der Waals surface area contributed by atoms with Crippen molar-refractivity contribution in [1.82, 2.24) is 9.97 Å².